The van der Waals surface area contributed by atoms with Crippen LogP contribution in [-0.2, 0) is 0 Å². The Labute approximate surface area is 174 Å². The van der Waals surface area contributed by atoms with Crippen LogP contribution in [0.3, 0.4) is 0 Å². The van der Waals surface area contributed by atoms with E-state index in [1.54, 1.807) is 0 Å². The smallest absolute Gasteiger partial charge is 0.211 e. The van der Waals surface area contributed by atoms with Crippen LogP contribution in [0.1, 0.15) is 50.7 Å². The Bertz CT molecular complexity index is 844. The molecule has 2 aliphatic carbocycles. The quantitative estimate of drug-likeness (QED) is 0.450. The summed E-state index contributed by atoms with van der Waals surface area (Å²) in [4.78, 5) is 0. The molecule has 0 aromatic heterocycles. The van der Waals surface area contributed by atoms with Gasteiger partial charge in [0.15, 0.2) is 0 Å². The topological polar surface area (TPSA) is 0 Å². The summed E-state index contributed by atoms with van der Waals surface area (Å²) < 4.78 is 20.7. The average Bonchev–Trinajstić information content (AvgIpc) is 2.86. The maximum atomic E-state index is 10.3. The number of alkyl halides is 2. The fraction of sp³-hybridized carbons (Fsp3) is 0.333. The fourth-order valence-electron chi connectivity index (χ4n) is 3.54. The van der Waals surface area contributed by atoms with Gasteiger partial charge in [0.2, 0.25) is 6.43 Å². The van der Waals surface area contributed by atoms with Crippen LogP contribution in [0.15, 0.2) is 89.6 Å². The summed E-state index contributed by atoms with van der Waals surface area (Å²) in [6, 6.07) is 8.46. The Balaban J connectivity index is 0.000000687. The Hall–Kier alpha value is -2.48. The summed E-state index contributed by atoms with van der Waals surface area (Å²) in [5, 5.41) is 0. The van der Waals surface area contributed by atoms with Crippen LogP contribution in [0.4, 0.5) is 8.78 Å². The Morgan fingerprint density at radius 2 is 1.97 bits per heavy atom. The molecule has 0 radical (unpaired) electrons. The van der Waals surface area contributed by atoms with E-state index in [1.807, 2.05) is 0 Å². The lowest BCUT2D eigenvalue weighted by molar-refractivity contribution is 0.171. The number of allylic oxidation sites excluding steroid dienone is 10. The van der Waals surface area contributed by atoms with Gasteiger partial charge in [-0.05, 0) is 78.9 Å². The van der Waals surface area contributed by atoms with Crippen molar-refractivity contribution in [1.82, 2.24) is 0 Å². The van der Waals surface area contributed by atoms with Gasteiger partial charge in [0.1, 0.15) is 0 Å². The predicted molar refractivity (Wildman–Crippen MR) is 122 cm³/mol. The summed E-state index contributed by atoms with van der Waals surface area (Å²) >= 11 is 0. The Morgan fingerprint density at radius 3 is 2.66 bits per heavy atom. The lowest BCUT2D eigenvalue weighted by atomic mass is 9.88. The van der Waals surface area contributed by atoms with E-state index in [9.17, 15) is 8.78 Å². The second kappa shape index (κ2) is 11.5. The third kappa shape index (κ3) is 7.45. The maximum absolute atomic E-state index is 10.3. The highest BCUT2D eigenvalue weighted by Crippen LogP contribution is 2.34. The number of halogens is 2. The molecule has 0 saturated carbocycles. The number of rotatable bonds is 4. The highest BCUT2D eigenvalue weighted by atomic mass is 19.3. The van der Waals surface area contributed by atoms with Gasteiger partial charge < -0.3 is 0 Å². The van der Waals surface area contributed by atoms with Gasteiger partial charge in [-0.2, -0.15) is 0 Å². The predicted octanol–water partition coefficient (Wildman–Crippen LogP) is 8.39. The van der Waals surface area contributed by atoms with Gasteiger partial charge in [0.05, 0.1) is 0 Å². The van der Waals surface area contributed by atoms with Crippen LogP contribution in [0.5, 0.6) is 0 Å². The molecule has 1 aromatic carbocycles. The van der Waals surface area contributed by atoms with Crippen molar-refractivity contribution in [2.24, 2.45) is 5.92 Å². The van der Waals surface area contributed by atoms with Crippen molar-refractivity contribution in [1.29, 1.82) is 0 Å². The molecule has 2 aliphatic rings. The first-order valence-electron chi connectivity index (χ1n) is 10.4. The van der Waals surface area contributed by atoms with Crippen LogP contribution < -0.4 is 0 Å². The zero-order valence-corrected chi connectivity index (χ0v) is 17.8. The molecule has 0 N–H and O–H groups in total. The molecule has 0 nitrogen and oxygen atoms in total. The van der Waals surface area contributed by atoms with E-state index in [2.05, 4.69) is 87.2 Å². The number of hydrogen-bond donors (Lipinski definition) is 0. The number of hydrogen-bond acceptors (Lipinski definition) is 0. The van der Waals surface area contributed by atoms with Crippen molar-refractivity contribution < 1.29 is 8.78 Å². The van der Waals surface area contributed by atoms with Crippen LogP contribution in [-0.4, -0.2) is 6.43 Å². The van der Waals surface area contributed by atoms with Gasteiger partial charge in [-0.1, -0.05) is 80.3 Å². The van der Waals surface area contributed by atoms with Crippen LogP contribution in [0.25, 0.3) is 6.08 Å². The van der Waals surface area contributed by atoms with E-state index in [0.717, 1.165) is 31.8 Å². The third-order valence-electron chi connectivity index (χ3n) is 5.16. The SMILES string of the molecule is C=C(/C=C\c1ccccc1C)/C=C1\CC(CC)C=CC2=C1C=CCC2.CC(F)F. The highest BCUT2D eigenvalue weighted by molar-refractivity contribution is 5.59. The van der Waals surface area contributed by atoms with E-state index < -0.39 is 6.43 Å². The van der Waals surface area contributed by atoms with E-state index >= 15 is 0 Å². The molecule has 0 fully saturated rings. The number of benzene rings is 1. The lowest BCUT2D eigenvalue weighted by Crippen LogP contribution is -1.99. The van der Waals surface area contributed by atoms with E-state index in [-0.39, 0.29) is 0 Å². The van der Waals surface area contributed by atoms with Crippen LogP contribution >= 0.6 is 0 Å². The van der Waals surface area contributed by atoms with E-state index in [1.165, 1.54) is 34.3 Å². The second-order valence-corrected chi connectivity index (χ2v) is 7.56. The monoisotopic (exact) mass is 394 g/mol. The lowest BCUT2D eigenvalue weighted by Gasteiger charge is -2.16. The van der Waals surface area contributed by atoms with Gasteiger partial charge in [-0.15, -0.1) is 0 Å². The zero-order valence-electron chi connectivity index (χ0n) is 17.8. The molecule has 0 heterocycles. The molecule has 0 bridgehead atoms. The molecule has 1 atom stereocenters. The Morgan fingerprint density at radius 1 is 1.24 bits per heavy atom. The summed E-state index contributed by atoms with van der Waals surface area (Å²) in [5.74, 6) is 0.624. The minimum absolute atomic E-state index is 0.624. The first-order chi connectivity index (χ1) is 13.9. The molecule has 0 aliphatic heterocycles. The average molecular weight is 395 g/mol. The summed E-state index contributed by atoms with van der Waals surface area (Å²) in [6.45, 7) is 9.54. The van der Waals surface area contributed by atoms with Gasteiger partial charge in [0.25, 0.3) is 0 Å². The Kier molecular flexibility index (Phi) is 9.05. The van der Waals surface area contributed by atoms with Crippen LogP contribution in [0.2, 0.25) is 0 Å². The van der Waals surface area contributed by atoms with Crippen molar-refractivity contribution in [3.63, 3.8) is 0 Å². The maximum Gasteiger partial charge on any atom is 0.235 e. The van der Waals surface area contributed by atoms with Crippen molar-refractivity contribution in [2.45, 2.75) is 52.9 Å². The highest BCUT2D eigenvalue weighted by Gasteiger charge is 2.17. The first-order valence-corrected chi connectivity index (χ1v) is 10.4. The first kappa shape index (κ1) is 22.8. The normalized spacial score (nSPS) is 19.9. The molecule has 0 saturated heterocycles. The van der Waals surface area contributed by atoms with Crippen molar-refractivity contribution >= 4 is 6.08 Å². The van der Waals surface area contributed by atoms with Crippen molar-refractivity contribution in [3.8, 4) is 0 Å². The number of aryl methyl sites for hydroxylation is 1. The zero-order chi connectivity index (χ0) is 21.2. The molecule has 3 rings (SSSR count). The molecule has 1 unspecified atom stereocenters. The minimum Gasteiger partial charge on any atom is -0.211 e. The molecule has 0 amide bonds. The van der Waals surface area contributed by atoms with Gasteiger partial charge in [-0.3, -0.25) is 0 Å². The molecule has 154 valence electrons. The van der Waals surface area contributed by atoms with Gasteiger partial charge in [0, 0.05) is 0 Å². The standard InChI is InChI=1S/C25H28.C2H4F2/c1-4-21-14-16-23-11-7-8-12-25(23)24(18-21)17-19(2)13-15-22-10-6-5-9-20(22)3;1-2(3)4/h5-6,8-10,12-17,21H,2,4,7,11,18H2,1,3H3;2H,1H3/b15-13-,24-17+;. The summed E-state index contributed by atoms with van der Waals surface area (Å²) in [6.07, 6.45) is 18.4. The fourth-order valence-corrected chi connectivity index (χ4v) is 3.54. The summed E-state index contributed by atoms with van der Waals surface area (Å²) in [5.41, 5.74) is 7.96. The van der Waals surface area contributed by atoms with E-state index in [0.29, 0.717) is 5.92 Å². The minimum atomic E-state index is -2.17. The molecular weight excluding hydrogens is 362 g/mol. The van der Waals surface area contributed by atoms with E-state index in [4.69, 9.17) is 0 Å². The van der Waals surface area contributed by atoms with Gasteiger partial charge in [-0.25, -0.2) is 8.78 Å². The second-order valence-electron chi connectivity index (χ2n) is 7.56. The largest absolute Gasteiger partial charge is 0.235 e. The third-order valence-corrected chi connectivity index (χ3v) is 5.16. The molecule has 2 heteroatoms. The van der Waals surface area contributed by atoms with Gasteiger partial charge >= 0.3 is 0 Å². The molecular formula is C27H32F2. The molecule has 0 spiro atoms. The molecule has 29 heavy (non-hydrogen) atoms. The summed E-state index contributed by atoms with van der Waals surface area (Å²) in [7, 11) is 0. The van der Waals surface area contributed by atoms with Crippen LogP contribution in [0, 0.1) is 12.8 Å². The molecule has 1 aromatic rings. The van der Waals surface area contributed by atoms with Crippen molar-refractivity contribution in [3.05, 3.63) is 101 Å². The van der Waals surface area contributed by atoms with Crippen molar-refractivity contribution in [2.75, 3.05) is 0 Å².